The van der Waals surface area contributed by atoms with Gasteiger partial charge in [0.25, 0.3) is 0 Å². The number of hydrogen-bond acceptors (Lipinski definition) is 5. The van der Waals surface area contributed by atoms with Crippen molar-refractivity contribution < 1.29 is 23.7 Å². The molecule has 1 heterocycles. The molecule has 43 heavy (non-hydrogen) atoms. The molecule has 0 aromatic heterocycles. The Morgan fingerprint density at radius 2 is 1.42 bits per heavy atom. The Labute approximate surface area is 255 Å². The molecular weight excluding hydrogens is 536 g/mol. The number of esters is 1. The standard InChI is InChI=1S/C38H42O5/c1-28-19-21-36-20-11-18-32(35(36)37(23-22-36)40-24-25-41-37)33(26-28)43-34(39)27-42-38(29-12-5-2-6-13-29,30-14-7-3-8-15-30)31-16-9-4-10-17-31/h2-10,12-17,19,32-33,35H,11,18,20-27H2,1H3/b28-19-/t32-,33-,35-,36+/m0/s1. The Kier molecular flexibility index (Phi) is 7.75. The van der Waals surface area contributed by atoms with Crippen LogP contribution in [0.5, 0.6) is 0 Å². The monoisotopic (exact) mass is 578 g/mol. The van der Waals surface area contributed by atoms with Crippen LogP contribution in [0.2, 0.25) is 0 Å². The average molecular weight is 579 g/mol. The van der Waals surface area contributed by atoms with Gasteiger partial charge in [0.05, 0.1) is 13.2 Å². The van der Waals surface area contributed by atoms with Crippen LogP contribution in [0.25, 0.3) is 0 Å². The van der Waals surface area contributed by atoms with E-state index in [2.05, 4.69) is 49.4 Å². The number of hydrogen-bond donors (Lipinski definition) is 0. The summed E-state index contributed by atoms with van der Waals surface area (Å²) in [6.45, 7) is 3.31. The molecule has 0 unspecified atom stereocenters. The smallest absolute Gasteiger partial charge is 0.332 e. The molecule has 2 saturated carbocycles. The molecule has 3 fully saturated rings. The first kappa shape index (κ1) is 28.5. The Morgan fingerprint density at radius 3 is 2.00 bits per heavy atom. The summed E-state index contributed by atoms with van der Waals surface area (Å²) in [5.41, 5.74) is 3.37. The van der Waals surface area contributed by atoms with Gasteiger partial charge < -0.3 is 18.9 Å². The second-order valence-corrected chi connectivity index (χ2v) is 13.0. The maximum atomic E-state index is 13.9. The lowest BCUT2D eigenvalue weighted by atomic mass is 9.58. The fourth-order valence-electron chi connectivity index (χ4n) is 8.84. The summed E-state index contributed by atoms with van der Waals surface area (Å²) < 4.78 is 26.1. The van der Waals surface area contributed by atoms with E-state index >= 15 is 0 Å². The van der Waals surface area contributed by atoms with Gasteiger partial charge in [-0.3, -0.25) is 0 Å². The van der Waals surface area contributed by atoms with Gasteiger partial charge in [-0.2, -0.15) is 0 Å². The largest absolute Gasteiger partial charge is 0.460 e. The van der Waals surface area contributed by atoms with E-state index in [4.69, 9.17) is 18.9 Å². The first-order valence-corrected chi connectivity index (χ1v) is 16.0. The summed E-state index contributed by atoms with van der Waals surface area (Å²) in [6.07, 6.45) is 9.35. The second kappa shape index (κ2) is 11.7. The van der Waals surface area contributed by atoms with Gasteiger partial charge in [-0.1, -0.05) is 109 Å². The molecule has 0 amide bonds. The van der Waals surface area contributed by atoms with Gasteiger partial charge in [-0.15, -0.1) is 0 Å². The third-order valence-corrected chi connectivity index (χ3v) is 10.6. The zero-order chi connectivity index (χ0) is 29.3. The quantitative estimate of drug-likeness (QED) is 0.164. The topological polar surface area (TPSA) is 54.0 Å². The van der Waals surface area contributed by atoms with Gasteiger partial charge in [-0.25, -0.2) is 4.79 Å². The highest BCUT2D eigenvalue weighted by atomic mass is 16.7. The third kappa shape index (κ3) is 5.05. The molecule has 0 radical (unpaired) electrons. The summed E-state index contributed by atoms with van der Waals surface area (Å²) in [7, 11) is 0. The lowest BCUT2D eigenvalue weighted by molar-refractivity contribution is -0.228. The minimum absolute atomic E-state index is 0.152. The Morgan fingerprint density at radius 1 is 0.837 bits per heavy atom. The molecule has 4 aliphatic rings. The normalized spacial score (nSPS) is 29.2. The van der Waals surface area contributed by atoms with Crippen molar-refractivity contribution in [3.63, 3.8) is 0 Å². The van der Waals surface area contributed by atoms with Crippen molar-refractivity contribution in [1.82, 2.24) is 0 Å². The summed E-state index contributed by atoms with van der Waals surface area (Å²) in [5.74, 6) is -0.434. The van der Waals surface area contributed by atoms with Crippen molar-refractivity contribution in [2.45, 2.75) is 69.4 Å². The van der Waals surface area contributed by atoms with Crippen LogP contribution in [0.15, 0.2) is 103 Å². The lowest BCUT2D eigenvalue weighted by Gasteiger charge is -2.51. The Bertz CT molecular complexity index is 1330. The summed E-state index contributed by atoms with van der Waals surface area (Å²) >= 11 is 0. The van der Waals surface area contributed by atoms with Crippen LogP contribution in [0, 0.1) is 17.3 Å². The molecule has 1 aliphatic heterocycles. The highest BCUT2D eigenvalue weighted by Gasteiger charge is 2.64. The van der Waals surface area contributed by atoms with Crippen molar-refractivity contribution in [3.8, 4) is 0 Å². The van der Waals surface area contributed by atoms with E-state index in [0.29, 0.717) is 13.2 Å². The number of benzene rings is 3. The van der Waals surface area contributed by atoms with Crippen LogP contribution in [0.1, 0.15) is 68.6 Å². The first-order valence-electron chi connectivity index (χ1n) is 16.0. The molecule has 1 saturated heterocycles. The van der Waals surface area contributed by atoms with E-state index in [1.807, 2.05) is 54.6 Å². The molecule has 5 heteroatoms. The van der Waals surface area contributed by atoms with Gasteiger partial charge in [0.2, 0.25) is 0 Å². The van der Waals surface area contributed by atoms with Gasteiger partial charge in [0.1, 0.15) is 18.3 Å². The minimum atomic E-state index is -0.972. The number of carbonyl (C=O) groups excluding carboxylic acids is 1. The van der Waals surface area contributed by atoms with Crippen molar-refractivity contribution in [1.29, 1.82) is 0 Å². The SMILES string of the molecule is C/C1=C/C[C@@]23CCC[C@@H]([C@@H](OC(=O)COC(c4ccccc4)(c4ccccc4)c4ccccc4)C1)[C@@H]2C1(CC3)OCCO1. The van der Waals surface area contributed by atoms with Gasteiger partial charge >= 0.3 is 5.97 Å². The first-order chi connectivity index (χ1) is 21.0. The maximum Gasteiger partial charge on any atom is 0.332 e. The fourth-order valence-corrected chi connectivity index (χ4v) is 8.84. The number of carbonyl (C=O) groups is 1. The van der Waals surface area contributed by atoms with Crippen molar-refractivity contribution in [3.05, 3.63) is 119 Å². The molecule has 1 spiro atoms. The van der Waals surface area contributed by atoms with E-state index in [-0.39, 0.29) is 35.9 Å². The predicted molar refractivity (Wildman–Crippen MR) is 165 cm³/mol. The molecule has 224 valence electrons. The predicted octanol–water partition coefficient (Wildman–Crippen LogP) is 7.59. The van der Waals surface area contributed by atoms with Crippen LogP contribution in [0.4, 0.5) is 0 Å². The molecule has 2 bridgehead atoms. The highest BCUT2D eigenvalue weighted by molar-refractivity contribution is 5.71. The molecule has 4 atom stereocenters. The van der Waals surface area contributed by atoms with Crippen LogP contribution < -0.4 is 0 Å². The van der Waals surface area contributed by atoms with E-state index in [0.717, 1.165) is 55.2 Å². The van der Waals surface area contributed by atoms with Crippen molar-refractivity contribution >= 4 is 5.97 Å². The number of rotatable bonds is 7. The number of ether oxygens (including phenoxy) is 4. The zero-order valence-corrected chi connectivity index (χ0v) is 25.1. The number of allylic oxidation sites excluding steroid dienone is 1. The minimum Gasteiger partial charge on any atom is -0.460 e. The zero-order valence-electron chi connectivity index (χ0n) is 25.1. The van der Waals surface area contributed by atoms with E-state index < -0.39 is 11.4 Å². The molecule has 3 aromatic carbocycles. The summed E-state index contributed by atoms with van der Waals surface area (Å²) in [4.78, 5) is 13.9. The van der Waals surface area contributed by atoms with E-state index in [1.165, 1.54) is 12.0 Å². The molecular formula is C38H42O5. The average Bonchev–Trinajstić information content (AvgIpc) is 3.66. The Balaban J connectivity index is 1.20. The molecule has 0 N–H and O–H groups in total. The molecule has 3 aromatic rings. The summed E-state index contributed by atoms with van der Waals surface area (Å²) in [6, 6.07) is 30.5. The highest BCUT2D eigenvalue weighted by Crippen LogP contribution is 2.64. The third-order valence-electron chi connectivity index (χ3n) is 10.6. The van der Waals surface area contributed by atoms with Gasteiger partial charge in [0, 0.05) is 24.7 Å². The van der Waals surface area contributed by atoms with Crippen molar-refractivity contribution in [2.24, 2.45) is 17.3 Å². The van der Waals surface area contributed by atoms with E-state index in [1.54, 1.807) is 0 Å². The Hall–Kier alpha value is -3.25. The molecule has 5 nitrogen and oxygen atoms in total. The second-order valence-electron chi connectivity index (χ2n) is 13.0. The van der Waals surface area contributed by atoms with Crippen molar-refractivity contribution in [2.75, 3.05) is 19.8 Å². The summed E-state index contributed by atoms with van der Waals surface area (Å²) in [5, 5.41) is 0. The molecule has 7 rings (SSSR count). The van der Waals surface area contributed by atoms with Crippen LogP contribution in [-0.2, 0) is 29.3 Å². The van der Waals surface area contributed by atoms with Crippen LogP contribution in [-0.4, -0.2) is 37.7 Å². The van der Waals surface area contributed by atoms with Gasteiger partial charge in [0.15, 0.2) is 5.79 Å². The van der Waals surface area contributed by atoms with Crippen LogP contribution >= 0.6 is 0 Å². The maximum absolute atomic E-state index is 13.9. The lowest BCUT2D eigenvalue weighted by Crippen LogP contribution is -2.52. The van der Waals surface area contributed by atoms with Gasteiger partial charge in [-0.05, 0) is 54.7 Å². The molecule has 3 aliphatic carbocycles. The van der Waals surface area contributed by atoms with E-state index in [9.17, 15) is 4.79 Å². The van der Waals surface area contributed by atoms with Crippen LogP contribution in [0.3, 0.4) is 0 Å². The fraction of sp³-hybridized carbons (Fsp3) is 0.447.